The van der Waals surface area contributed by atoms with Crippen molar-refractivity contribution >= 4 is 0 Å². The van der Waals surface area contributed by atoms with Gasteiger partial charge in [-0.1, -0.05) is 6.42 Å². The minimum absolute atomic E-state index is 0.124. The van der Waals surface area contributed by atoms with E-state index in [0.29, 0.717) is 19.1 Å². The number of β-amino-alcohol motifs (C(OH)–C–C–N with tert-alkyl or cyclic N) is 1. The highest BCUT2D eigenvalue weighted by atomic mass is 16.7. The average molecular weight is 201 g/mol. The third kappa shape index (κ3) is 2.67. The van der Waals surface area contributed by atoms with Gasteiger partial charge in [0.25, 0.3) is 0 Å². The van der Waals surface area contributed by atoms with E-state index < -0.39 is 0 Å². The van der Waals surface area contributed by atoms with Gasteiger partial charge in [-0.3, -0.25) is 4.84 Å². The molecule has 1 saturated heterocycles. The van der Waals surface area contributed by atoms with Crippen LogP contribution in [0.4, 0.5) is 0 Å². The minimum Gasteiger partial charge on any atom is -0.393 e. The maximum Gasteiger partial charge on any atom is 0.0958 e. The van der Waals surface area contributed by atoms with Gasteiger partial charge in [-0.05, 0) is 25.2 Å². The van der Waals surface area contributed by atoms with Gasteiger partial charge in [-0.2, -0.15) is 5.06 Å². The number of aliphatic hydroxyl groups excluding tert-OH is 2. The molecule has 1 heterocycles. The highest BCUT2D eigenvalue weighted by molar-refractivity contribution is 4.75. The Labute approximate surface area is 84.4 Å². The second-order valence-electron chi connectivity index (χ2n) is 4.48. The van der Waals surface area contributed by atoms with Gasteiger partial charge >= 0.3 is 0 Å². The second kappa shape index (κ2) is 4.57. The first-order valence-electron chi connectivity index (χ1n) is 5.48. The Morgan fingerprint density at radius 3 is 2.71 bits per heavy atom. The van der Waals surface area contributed by atoms with E-state index in [-0.39, 0.29) is 12.2 Å². The maximum absolute atomic E-state index is 9.50. The van der Waals surface area contributed by atoms with Crippen LogP contribution in [0.2, 0.25) is 0 Å². The molecule has 14 heavy (non-hydrogen) atoms. The summed E-state index contributed by atoms with van der Waals surface area (Å²) >= 11 is 0. The van der Waals surface area contributed by atoms with Crippen LogP contribution in [0.15, 0.2) is 0 Å². The largest absolute Gasteiger partial charge is 0.393 e. The molecule has 1 aliphatic heterocycles. The number of hydrogen-bond acceptors (Lipinski definition) is 4. The van der Waals surface area contributed by atoms with Gasteiger partial charge < -0.3 is 10.2 Å². The van der Waals surface area contributed by atoms with Crippen LogP contribution in [0.25, 0.3) is 0 Å². The van der Waals surface area contributed by atoms with Crippen LogP contribution < -0.4 is 0 Å². The van der Waals surface area contributed by atoms with E-state index in [1.165, 1.54) is 6.42 Å². The molecule has 0 aromatic rings. The minimum atomic E-state index is -0.330. The molecule has 2 fully saturated rings. The summed E-state index contributed by atoms with van der Waals surface area (Å²) < 4.78 is 0. The van der Waals surface area contributed by atoms with Crippen molar-refractivity contribution in [2.45, 2.75) is 37.9 Å². The summed E-state index contributed by atoms with van der Waals surface area (Å²) in [6.07, 6.45) is 3.66. The summed E-state index contributed by atoms with van der Waals surface area (Å²) in [5.41, 5.74) is 0. The van der Waals surface area contributed by atoms with E-state index >= 15 is 0 Å². The van der Waals surface area contributed by atoms with Crippen LogP contribution in [0.5, 0.6) is 0 Å². The van der Waals surface area contributed by atoms with Gasteiger partial charge in [0.1, 0.15) is 0 Å². The zero-order valence-corrected chi connectivity index (χ0v) is 8.43. The average Bonchev–Trinajstić information content (AvgIpc) is 2.51. The molecule has 4 nitrogen and oxygen atoms in total. The number of nitrogens with zero attached hydrogens (tertiary/aromatic N) is 1. The van der Waals surface area contributed by atoms with Crippen molar-refractivity contribution in [2.75, 3.05) is 19.7 Å². The molecular weight excluding hydrogens is 182 g/mol. The highest BCUT2D eigenvalue weighted by Gasteiger charge is 2.27. The van der Waals surface area contributed by atoms with Crippen molar-refractivity contribution in [1.82, 2.24) is 5.06 Å². The standard InChI is InChI=1S/C10H19NO3/c12-9-3-1-2-8(4-9)5-11-6-10(13)7-14-11/h8-10,12-13H,1-7H2. The molecule has 3 atom stereocenters. The number of aliphatic hydroxyl groups is 2. The van der Waals surface area contributed by atoms with Gasteiger partial charge in [0, 0.05) is 6.54 Å². The molecule has 0 aromatic heterocycles. The van der Waals surface area contributed by atoms with Gasteiger partial charge in [0.05, 0.1) is 25.4 Å². The Bertz CT molecular complexity index is 188. The van der Waals surface area contributed by atoms with E-state index in [0.717, 1.165) is 25.8 Å². The molecular formula is C10H19NO3. The molecule has 0 aromatic carbocycles. The van der Waals surface area contributed by atoms with Crippen LogP contribution in [0.3, 0.4) is 0 Å². The predicted octanol–water partition coefficient (Wildman–Crippen LogP) is 0.146. The van der Waals surface area contributed by atoms with Crippen molar-refractivity contribution in [3.63, 3.8) is 0 Å². The molecule has 2 rings (SSSR count). The summed E-state index contributed by atoms with van der Waals surface area (Å²) in [5, 5.41) is 20.6. The monoisotopic (exact) mass is 201 g/mol. The van der Waals surface area contributed by atoms with Crippen LogP contribution in [0, 0.1) is 5.92 Å². The van der Waals surface area contributed by atoms with Crippen LogP contribution in [0.1, 0.15) is 25.7 Å². The third-order valence-corrected chi connectivity index (χ3v) is 3.08. The third-order valence-electron chi connectivity index (χ3n) is 3.08. The molecule has 2 N–H and O–H groups in total. The lowest BCUT2D eigenvalue weighted by Crippen LogP contribution is -2.31. The SMILES string of the molecule is OC1CCCC(CN2CC(O)CO2)C1. The first kappa shape index (κ1) is 10.4. The number of hydroxylamine groups is 2. The maximum atomic E-state index is 9.50. The quantitative estimate of drug-likeness (QED) is 0.667. The molecule has 3 unspecified atom stereocenters. The summed E-state index contributed by atoms with van der Waals surface area (Å²) in [6, 6.07) is 0. The lowest BCUT2D eigenvalue weighted by Gasteiger charge is -2.28. The van der Waals surface area contributed by atoms with Crippen molar-refractivity contribution in [3.8, 4) is 0 Å². The molecule has 2 aliphatic rings. The summed E-state index contributed by atoms with van der Waals surface area (Å²) in [7, 11) is 0. The normalized spacial score (nSPS) is 40.3. The van der Waals surface area contributed by atoms with Gasteiger partial charge in [0.15, 0.2) is 0 Å². The zero-order valence-electron chi connectivity index (χ0n) is 8.43. The molecule has 4 heteroatoms. The smallest absolute Gasteiger partial charge is 0.0958 e. The molecule has 1 saturated carbocycles. The Morgan fingerprint density at radius 1 is 1.21 bits per heavy atom. The van der Waals surface area contributed by atoms with Gasteiger partial charge in [-0.25, -0.2) is 0 Å². The predicted molar refractivity (Wildman–Crippen MR) is 51.5 cm³/mol. The Morgan fingerprint density at radius 2 is 2.07 bits per heavy atom. The zero-order chi connectivity index (χ0) is 9.97. The lowest BCUT2D eigenvalue weighted by atomic mass is 9.87. The molecule has 0 radical (unpaired) electrons. The van der Waals surface area contributed by atoms with Crippen molar-refractivity contribution in [1.29, 1.82) is 0 Å². The fourth-order valence-corrected chi connectivity index (χ4v) is 2.38. The topological polar surface area (TPSA) is 52.9 Å². The Kier molecular flexibility index (Phi) is 3.38. The Hall–Kier alpha value is -0.160. The van der Waals surface area contributed by atoms with E-state index in [9.17, 15) is 10.2 Å². The van der Waals surface area contributed by atoms with Crippen molar-refractivity contribution in [3.05, 3.63) is 0 Å². The second-order valence-corrected chi connectivity index (χ2v) is 4.48. The van der Waals surface area contributed by atoms with E-state index in [1.807, 2.05) is 5.06 Å². The summed E-state index contributed by atoms with van der Waals surface area (Å²) in [5.74, 6) is 0.532. The molecule has 0 bridgehead atoms. The van der Waals surface area contributed by atoms with E-state index in [4.69, 9.17) is 4.84 Å². The molecule has 1 aliphatic carbocycles. The van der Waals surface area contributed by atoms with Crippen molar-refractivity contribution < 1.29 is 15.1 Å². The number of rotatable bonds is 2. The van der Waals surface area contributed by atoms with Gasteiger partial charge in [0.2, 0.25) is 0 Å². The fourth-order valence-electron chi connectivity index (χ4n) is 2.38. The van der Waals surface area contributed by atoms with Crippen LogP contribution >= 0.6 is 0 Å². The van der Waals surface area contributed by atoms with E-state index in [2.05, 4.69) is 0 Å². The highest BCUT2D eigenvalue weighted by Crippen LogP contribution is 2.25. The van der Waals surface area contributed by atoms with Crippen molar-refractivity contribution in [2.24, 2.45) is 5.92 Å². The molecule has 0 spiro atoms. The lowest BCUT2D eigenvalue weighted by molar-refractivity contribution is -0.123. The molecule has 82 valence electrons. The van der Waals surface area contributed by atoms with Crippen LogP contribution in [-0.4, -0.2) is 47.2 Å². The number of hydrogen-bond donors (Lipinski definition) is 2. The fraction of sp³-hybridized carbons (Fsp3) is 1.00. The Balaban J connectivity index is 1.74. The first-order valence-corrected chi connectivity index (χ1v) is 5.48. The first-order chi connectivity index (χ1) is 6.74. The van der Waals surface area contributed by atoms with Crippen LogP contribution in [-0.2, 0) is 4.84 Å². The van der Waals surface area contributed by atoms with Gasteiger partial charge in [-0.15, -0.1) is 0 Å². The van der Waals surface area contributed by atoms with E-state index in [1.54, 1.807) is 0 Å². The molecule has 0 amide bonds. The summed E-state index contributed by atoms with van der Waals surface area (Å²) in [4.78, 5) is 5.30. The summed E-state index contributed by atoms with van der Waals surface area (Å²) in [6.45, 7) is 1.90.